The van der Waals surface area contributed by atoms with E-state index in [2.05, 4.69) is 0 Å². The summed E-state index contributed by atoms with van der Waals surface area (Å²) in [6.07, 6.45) is 0.488. The second-order valence-electron chi connectivity index (χ2n) is 4.11. The maximum atomic E-state index is 10.1. The molecule has 2 rings (SSSR count). The van der Waals surface area contributed by atoms with Crippen LogP contribution in [0.3, 0.4) is 0 Å². The number of furan rings is 1. The maximum absolute atomic E-state index is 10.1. The number of rotatable bonds is 4. The van der Waals surface area contributed by atoms with Gasteiger partial charge in [-0.1, -0.05) is 30.1 Å². The lowest BCUT2D eigenvalue weighted by Gasteiger charge is -2.09. The Morgan fingerprint density at radius 2 is 2.00 bits per heavy atom. The third-order valence-electron chi connectivity index (χ3n) is 2.78. The number of hydrogen-bond acceptors (Lipinski definition) is 2. The van der Waals surface area contributed by atoms with Gasteiger partial charge in [0.05, 0.1) is 0 Å². The van der Waals surface area contributed by atoms with Crippen LogP contribution in [0.15, 0.2) is 34.7 Å². The van der Waals surface area contributed by atoms with E-state index >= 15 is 0 Å². The quantitative estimate of drug-likeness (QED) is 0.901. The van der Waals surface area contributed by atoms with Crippen LogP contribution in [0.25, 0.3) is 0 Å². The molecular weight excluding hydrogens is 271 g/mol. The van der Waals surface area contributed by atoms with Gasteiger partial charge >= 0.3 is 0 Å². The van der Waals surface area contributed by atoms with Crippen LogP contribution in [0, 0.1) is 0 Å². The van der Waals surface area contributed by atoms with Gasteiger partial charge in [-0.25, -0.2) is 0 Å². The average Bonchev–Trinajstić information content (AvgIpc) is 2.82. The zero-order valence-electron chi connectivity index (χ0n) is 9.99. The van der Waals surface area contributed by atoms with Gasteiger partial charge in [0.25, 0.3) is 0 Å². The summed E-state index contributed by atoms with van der Waals surface area (Å²) < 4.78 is 5.51. The van der Waals surface area contributed by atoms with Crippen LogP contribution in [-0.4, -0.2) is 5.11 Å². The van der Waals surface area contributed by atoms with Gasteiger partial charge in [0, 0.05) is 22.9 Å². The summed E-state index contributed by atoms with van der Waals surface area (Å²) in [5.74, 6) is 1.42. The number of aliphatic hydroxyl groups is 1. The van der Waals surface area contributed by atoms with Crippen molar-refractivity contribution in [2.45, 2.75) is 25.9 Å². The Balaban J connectivity index is 2.15. The van der Waals surface area contributed by atoms with Crippen molar-refractivity contribution < 1.29 is 9.52 Å². The summed E-state index contributed by atoms with van der Waals surface area (Å²) in [5.41, 5.74) is 0.811. The van der Waals surface area contributed by atoms with Crippen LogP contribution in [0.5, 0.6) is 0 Å². The minimum Gasteiger partial charge on any atom is -0.463 e. The number of hydrogen-bond donors (Lipinski definition) is 1. The number of aliphatic hydroxyl groups excluding tert-OH is 1. The fourth-order valence-electron chi connectivity index (χ4n) is 1.77. The first-order valence-electron chi connectivity index (χ1n) is 5.80. The first-order valence-corrected chi connectivity index (χ1v) is 6.56. The molecule has 2 nitrogen and oxygen atoms in total. The molecule has 1 unspecified atom stereocenters. The van der Waals surface area contributed by atoms with E-state index in [1.807, 2.05) is 13.0 Å². The number of benzene rings is 1. The fraction of sp³-hybridized carbons (Fsp3) is 0.286. The second-order valence-corrected chi connectivity index (χ2v) is 4.96. The molecule has 1 atom stereocenters. The van der Waals surface area contributed by atoms with Crippen LogP contribution >= 0.6 is 23.2 Å². The third-order valence-corrected chi connectivity index (χ3v) is 3.38. The molecule has 0 saturated carbocycles. The molecule has 1 aromatic carbocycles. The summed E-state index contributed by atoms with van der Waals surface area (Å²) in [6.45, 7) is 2.00. The van der Waals surface area contributed by atoms with Crippen LogP contribution in [0.1, 0.15) is 30.1 Å². The maximum Gasteiger partial charge on any atom is 0.133 e. The molecule has 0 aliphatic rings. The largest absolute Gasteiger partial charge is 0.463 e. The Hall–Kier alpha value is -0.960. The Morgan fingerprint density at radius 3 is 2.67 bits per heavy atom. The number of aryl methyl sites for hydroxylation is 1. The van der Waals surface area contributed by atoms with Crippen molar-refractivity contribution in [2.24, 2.45) is 0 Å². The second kappa shape index (κ2) is 5.79. The van der Waals surface area contributed by atoms with Crippen molar-refractivity contribution in [1.29, 1.82) is 0 Å². The van der Waals surface area contributed by atoms with Crippen molar-refractivity contribution >= 4 is 23.2 Å². The highest BCUT2D eigenvalue weighted by Gasteiger charge is 2.14. The lowest BCUT2D eigenvalue weighted by molar-refractivity contribution is 0.148. The zero-order chi connectivity index (χ0) is 13.1. The van der Waals surface area contributed by atoms with Gasteiger partial charge in [0.15, 0.2) is 0 Å². The van der Waals surface area contributed by atoms with E-state index in [9.17, 15) is 5.11 Å². The van der Waals surface area contributed by atoms with E-state index in [0.29, 0.717) is 22.2 Å². The molecule has 0 aliphatic heterocycles. The molecule has 18 heavy (non-hydrogen) atoms. The Labute approximate surface area is 116 Å². The summed E-state index contributed by atoms with van der Waals surface area (Å²) in [6, 6.07) is 8.88. The first kappa shape index (κ1) is 13.5. The van der Waals surface area contributed by atoms with Gasteiger partial charge in [-0.2, -0.15) is 0 Å². The predicted octanol–water partition coefficient (Wildman–Crippen LogP) is 4.42. The predicted molar refractivity (Wildman–Crippen MR) is 73.2 cm³/mol. The van der Waals surface area contributed by atoms with E-state index in [-0.39, 0.29) is 0 Å². The molecule has 0 spiro atoms. The standard InChI is InChI=1S/C14H14Cl2O2/c1-2-11-4-6-14(18-11)13(17)8-9-7-10(15)3-5-12(9)16/h3-7,13,17H,2,8H2,1H3. The molecule has 0 radical (unpaired) electrons. The van der Waals surface area contributed by atoms with Gasteiger partial charge in [0.2, 0.25) is 0 Å². The molecule has 0 amide bonds. The Kier molecular flexibility index (Phi) is 4.33. The summed E-state index contributed by atoms with van der Waals surface area (Å²) in [4.78, 5) is 0. The van der Waals surface area contributed by atoms with Crippen LogP contribution in [0.2, 0.25) is 10.0 Å². The minimum absolute atomic E-state index is 0.385. The molecule has 1 N–H and O–H groups in total. The van der Waals surface area contributed by atoms with Crippen LogP contribution in [0.4, 0.5) is 0 Å². The van der Waals surface area contributed by atoms with Gasteiger partial charge in [-0.15, -0.1) is 0 Å². The van der Waals surface area contributed by atoms with Crippen molar-refractivity contribution in [3.8, 4) is 0 Å². The average molecular weight is 285 g/mol. The van der Waals surface area contributed by atoms with Gasteiger partial charge in [-0.3, -0.25) is 0 Å². The summed E-state index contributed by atoms with van der Waals surface area (Å²) in [5, 5.41) is 11.3. The number of halogens is 2. The third kappa shape index (κ3) is 3.08. The molecule has 0 bridgehead atoms. The lowest BCUT2D eigenvalue weighted by atomic mass is 10.1. The molecule has 0 saturated heterocycles. The normalized spacial score (nSPS) is 12.7. The summed E-state index contributed by atoms with van der Waals surface area (Å²) >= 11 is 12.0. The zero-order valence-corrected chi connectivity index (χ0v) is 11.5. The van der Waals surface area contributed by atoms with Gasteiger partial charge < -0.3 is 9.52 Å². The van der Waals surface area contributed by atoms with E-state index in [1.54, 1.807) is 24.3 Å². The summed E-state index contributed by atoms with van der Waals surface area (Å²) in [7, 11) is 0. The molecular formula is C14H14Cl2O2. The highest BCUT2D eigenvalue weighted by atomic mass is 35.5. The highest BCUT2D eigenvalue weighted by molar-refractivity contribution is 6.33. The van der Waals surface area contributed by atoms with Crippen molar-refractivity contribution in [1.82, 2.24) is 0 Å². The minimum atomic E-state index is -0.707. The molecule has 1 heterocycles. The SMILES string of the molecule is CCc1ccc(C(O)Cc2cc(Cl)ccc2Cl)o1. The van der Waals surface area contributed by atoms with Gasteiger partial charge in [-0.05, 0) is 35.9 Å². The van der Waals surface area contributed by atoms with Crippen LogP contribution < -0.4 is 0 Å². The van der Waals surface area contributed by atoms with Crippen molar-refractivity contribution in [3.63, 3.8) is 0 Å². The van der Waals surface area contributed by atoms with E-state index in [0.717, 1.165) is 17.7 Å². The van der Waals surface area contributed by atoms with Crippen molar-refractivity contribution in [3.05, 3.63) is 57.5 Å². The fourth-order valence-corrected chi connectivity index (χ4v) is 2.16. The van der Waals surface area contributed by atoms with E-state index < -0.39 is 6.10 Å². The highest BCUT2D eigenvalue weighted by Crippen LogP contribution is 2.27. The van der Waals surface area contributed by atoms with E-state index in [1.165, 1.54) is 0 Å². The molecule has 96 valence electrons. The molecule has 0 fully saturated rings. The molecule has 0 aliphatic carbocycles. The van der Waals surface area contributed by atoms with Crippen molar-refractivity contribution in [2.75, 3.05) is 0 Å². The molecule has 1 aromatic heterocycles. The molecule has 2 aromatic rings. The Bertz CT molecular complexity index is 534. The topological polar surface area (TPSA) is 33.4 Å². The monoisotopic (exact) mass is 284 g/mol. The molecule has 4 heteroatoms. The first-order chi connectivity index (χ1) is 8.60. The Morgan fingerprint density at radius 1 is 1.22 bits per heavy atom. The van der Waals surface area contributed by atoms with Gasteiger partial charge in [0.1, 0.15) is 17.6 Å². The smallest absolute Gasteiger partial charge is 0.133 e. The lowest BCUT2D eigenvalue weighted by Crippen LogP contribution is -2.01. The van der Waals surface area contributed by atoms with Crippen LogP contribution in [-0.2, 0) is 12.8 Å². The van der Waals surface area contributed by atoms with E-state index in [4.69, 9.17) is 27.6 Å².